The Labute approximate surface area is 210 Å². The molecule has 0 fully saturated rings. The molecular weight excluding hydrogens is 432 g/mol. The zero-order chi connectivity index (χ0) is 24.2. The molecule has 2 aromatic rings. The summed E-state index contributed by atoms with van der Waals surface area (Å²) >= 11 is 0. The second-order valence-corrected chi connectivity index (χ2v) is 12.0. The zero-order valence-electron chi connectivity index (χ0n) is 21.7. The molecule has 0 spiro atoms. The number of unbranched alkanes of at least 4 members (excludes halogenated alkanes) is 10. The highest BCUT2D eigenvalue weighted by Gasteiger charge is 2.42. The summed E-state index contributed by atoms with van der Waals surface area (Å²) in [5.41, 5.74) is 0. The molecule has 34 heavy (non-hydrogen) atoms. The molecule has 186 valence electrons. The van der Waals surface area contributed by atoms with Gasteiger partial charge in [0.25, 0.3) is 0 Å². The van der Waals surface area contributed by atoms with Crippen molar-refractivity contribution in [2.24, 2.45) is 0 Å². The summed E-state index contributed by atoms with van der Waals surface area (Å²) in [6.45, 7) is 5.89. The number of benzene rings is 2. The zero-order valence-corrected chi connectivity index (χ0v) is 22.7. The molecular formula is C31H46O2Si. The van der Waals surface area contributed by atoms with E-state index in [1.165, 1.54) is 68.2 Å². The van der Waals surface area contributed by atoms with Crippen LogP contribution in [-0.2, 0) is 8.85 Å². The summed E-state index contributed by atoms with van der Waals surface area (Å²) in [5, 5.41) is 2.42. The van der Waals surface area contributed by atoms with Crippen molar-refractivity contribution in [2.75, 3.05) is 13.2 Å². The van der Waals surface area contributed by atoms with Crippen LogP contribution in [-0.4, -0.2) is 21.8 Å². The maximum atomic E-state index is 6.80. The van der Waals surface area contributed by atoms with Crippen LogP contribution in [0.2, 0.25) is 0 Å². The molecule has 0 aliphatic heterocycles. The van der Waals surface area contributed by atoms with Crippen LogP contribution in [0.5, 0.6) is 0 Å². The largest absolute Gasteiger partial charge is 0.407 e. The van der Waals surface area contributed by atoms with Crippen LogP contribution in [0.15, 0.2) is 60.7 Å². The van der Waals surface area contributed by atoms with Crippen molar-refractivity contribution in [1.82, 2.24) is 0 Å². The Hall–Kier alpha value is -1.86. The fourth-order valence-corrected chi connectivity index (χ4v) is 7.44. The summed E-state index contributed by atoms with van der Waals surface area (Å²) in [7, 11) is -2.73. The Morgan fingerprint density at radius 1 is 0.559 bits per heavy atom. The van der Waals surface area contributed by atoms with Crippen LogP contribution in [0.3, 0.4) is 0 Å². The SMILES string of the molecule is CCC#CCCCCCCCCO[Si](OCCCCCCC)(c1ccccc1)c1ccccc1. The van der Waals surface area contributed by atoms with E-state index in [4.69, 9.17) is 8.85 Å². The van der Waals surface area contributed by atoms with E-state index in [1.807, 2.05) is 0 Å². The lowest BCUT2D eigenvalue weighted by molar-refractivity contribution is 0.184. The van der Waals surface area contributed by atoms with Gasteiger partial charge in [0.05, 0.1) is 0 Å². The molecule has 2 nitrogen and oxygen atoms in total. The first kappa shape index (κ1) is 28.4. The van der Waals surface area contributed by atoms with E-state index in [-0.39, 0.29) is 0 Å². The second-order valence-electron chi connectivity index (χ2n) is 9.04. The summed E-state index contributed by atoms with van der Waals surface area (Å²) in [5.74, 6) is 6.41. The van der Waals surface area contributed by atoms with Gasteiger partial charge in [-0.3, -0.25) is 0 Å². The molecule has 0 radical (unpaired) electrons. The molecule has 2 rings (SSSR count). The van der Waals surface area contributed by atoms with Gasteiger partial charge in [-0.2, -0.15) is 0 Å². The first-order valence-corrected chi connectivity index (χ1v) is 15.5. The van der Waals surface area contributed by atoms with Crippen LogP contribution in [0, 0.1) is 11.8 Å². The summed E-state index contributed by atoms with van der Waals surface area (Å²) in [4.78, 5) is 0. The van der Waals surface area contributed by atoms with Crippen LogP contribution < -0.4 is 10.4 Å². The smallest absolute Gasteiger partial charge is 0.388 e. The van der Waals surface area contributed by atoms with Gasteiger partial charge in [-0.25, -0.2) is 0 Å². The molecule has 0 atom stereocenters. The van der Waals surface area contributed by atoms with Crippen molar-refractivity contribution in [3.63, 3.8) is 0 Å². The minimum absolute atomic E-state index is 0.758. The van der Waals surface area contributed by atoms with Crippen molar-refractivity contribution < 1.29 is 8.85 Å². The summed E-state index contributed by atoms with van der Waals surface area (Å²) in [6.07, 6.45) is 15.6. The fraction of sp³-hybridized carbons (Fsp3) is 0.548. The maximum absolute atomic E-state index is 6.80. The van der Waals surface area contributed by atoms with E-state index in [0.717, 1.165) is 38.9 Å². The number of rotatable bonds is 18. The van der Waals surface area contributed by atoms with E-state index in [9.17, 15) is 0 Å². The predicted molar refractivity (Wildman–Crippen MR) is 149 cm³/mol. The monoisotopic (exact) mass is 478 g/mol. The summed E-state index contributed by atoms with van der Waals surface area (Å²) in [6, 6.07) is 21.4. The van der Waals surface area contributed by atoms with E-state index < -0.39 is 8.56 Å². The molecule has 0 saturated heterocycles. The quantitative estimate of drug-likeness (QED) is 0.126. The van der Waals surface area contributed by atoms with Crippen LogP contribution in [0.1, 0.15) is 97.3 Å². The number of hydrogen-bond donors (Lipinski definition) is 0. The molecule has 0 N–H and O–H groups in total. The standard InChI is InChI=1S/C31H46O2Si/c1-3-5-7-9-10-11-12-13-15-23-29-33-34(30-24-18-16-19-25-30,31-26-20-17-21-27-31)32-28-22-14-8-6-4-2/h16-21,24-27H,3-4,6,8-15,22-23,28-29H2,1-2H3. The van der Waals surface area contributed by atoms with Gasteiger partial charge in [0.1, 0.15) is 0 Å². The van der Waals surface area contributed by atoms with Crippen molar-refractivity contribution in [1.29, 1.82) is 0 Å². The minimum Gasteiger partial charge on any atom is -0.388 e. The Morgan fingerprint density at radius 3 is 1.53 bits per heavy atom. The Bertz CT molecular complexity index is 755. The van der Waals surface area contributed by atoms with Gasteiger partial charge >= 0.3 is 8.56 Å². The summed E-state index contributed by atoms with van der Waals surface area (Å²) < 4.78 is 13.6. The molecule has 0 amide bonds. The topological polar surface area (TPSA) is 18.5 Å². The lowest BCUT2D eigenvalue weighted by Crippen LogP contribution is -2.63. The molecule has 2 aromatic carbocycles. The third-order valence-electron chi connectivity index (χ3n) is 6.16. The Kier molecular flexibility index (Phi) is 15.4. The van der Waals surface area contributed by atoms with Crippen LogP contribution in [0.4, 0.5) is 0 Å². The molecule has 3 heteroatoms. The molecule has 0 saturated carbocycles. The Balaban J connectivity index is 1.94. The van der Waals surface area contributed by atoms with Crippen molar-refractivity contribution in [3.05, 3.63) is 60.7 Å². The van der Waals surface area contributed by atoms with Crippen LogP contribution >= 0.6 is 0 Å². The molecule has 0 aliphatic rings. The predicted octanol–water partition coefficient (Wildman–Crippen LogP) is 7.39. The highest BCUT2D eigenvalue weighted by molar-refractivity contribution is 6.92. The molecule has 0 aliphatic carbocycles. The van der Waals surface area contributed by atoms with Crippen molar-refractivity contribution >= 4 is 18.9 Å². The van der Waals surface area contributed by atoms with E-state index in [0.29, 0.717) is 0 Å². The minimum atomic E-state index is -2.73. The van der Waals surface area contributed by atoms with Gasteiger partial charge in [-0.15, -0.1) is 11.8 Å². The van der Waals surface area contributed by atoms with Gasteiger partial charge < -0.3 is 8.85 Å². The normalized spacial score (nSPS) is 11.2. The highest BCUT2D eigenvalue weighted by Crippen LogP contribution is 2.14. The molecule has 0 aromatic heterocycles. The molecule has 0 heterocycles. The average molecular weight is 479 g/mol. The van der Waals surface area contributed by atoms with Gasteiger partial charge in [0.2, 0.25) is 0 Å². The third kappa shape index (κ3) is 10.6. The second kappa shape index (κ2) is 18.5. The third-order valence-corrected chi connectivity index (χ3v) is 9.57. The molecule has 0 unspecified atom stereocenters. The van der Waals surface area contributed by atoms with Gasteiger partial charge in [0.15, 0.2) is 0 Å². The Morgan fingerprint density at radius 2 is 1.03 bits per heavy atom. The maximum Gasteiger partial charge on any atom is 0.407 e. The highest BCUT2D eigenvalue weighted by atomic mass is 28.4. The lowest BCUT2D eigenvalue weighted by Gasteiger charge is -2.31. The fourth-order valence-electron chi connectivity index (χ4n) is 4.23. The van der Waals surface area contributed by atoms with Gasteiger partial charge in [-0.1, -0.05) is 126 Å². The molecule has 0 bridgehead atoms. The average Bonchev–Trinajstić information content (AvgIpc) is 2.89. The van der Waals surface area contributed by atoms with E-state index in [1.54, 1.807) is 0 Å². The first-order valence-electron chi connectivity index (χ1n) is 13.7. The van der Waals surface area contributed by atoms with E-state index in [2.05, 4.69) is 86.4 Å². The van der Waals surface area contributed by atoms with Gasteiger partial charge in [0, 0.05) is 26.1 Å². The van der Waals surface area contributed by atoms with Crippen LogP contribution in [0.25, 0.3) is 0 Å². The first-order chi connectivity index (χ1) is 16.8. The van der Waals surface area contributed by atoms with E-state index >= 15 is 0 Å². The lowest BCUT2D eigenvalue weighted by atomic mass is 10.1. The van der Waals surface area contributed by atoms with Crippen molar-refractivity contribution in [3.8, 4) is 11.8 Å². The number of hydrogen-bond acceptors (Lipinski definition) is 2. The van der Waals surface area contributed by atoms with Gasteiger partial charge in [-0.05, 0) is 29.6 Å². The van der Waals surface area contributed by atoms with Crippen molar-refractivity contribution in [2.45, 2.75) is 97.3 Å².